The molecule has 6 heteroatoms. The fourth-order valence-electron chi connectivity index (χ4n) is 2.90. The van der Waals surface area contributed by atoms with Crippen LogP contribution in [0.2, 0.25) is 0 Å². The molecule has 2 N–H and O–H groups in total. The summed E-state index contributed by atoms with van der Waals surface area (Å²) in [5, 5.41) is 6.63. The van der Waals surface area contributed by atoms with Crippen molar-refractivity contribution in [2.75, 3.05) is 17.7 Å². The van der Waals surface area contributed by atoms with E-state index in [1.54, 1.807) is 18.4 Å². The Morgan fingerprint density at radius 1 is 1.00 bits per heavy atom. The summed E-state index contributed by atoms with van der Waals surface area (Å²) in [5.41, 5.74) is 4.39. The van der Waals surface area contributed by atoms with E-state index in [1.165, 1.54) is 0 Å². The van der Waals surface area contributed by atoms with Gasteiger partial charge in [-0.3, -0.25) is 0 Å². The molecule has 0 aliphatic rings. The van der Waals surface area contributed by atoms with E-state index < -0.39 is 0 Å². The number of nitrogens with one attached hydrogen (secondary N) is 2. The van der Waals surface area contributed by atoms with Crippen LogP contribution in [0.25, 0.3) is 20.8 Å². The van der Waals surface area contributed by atoms with Crippen LogP contribution in [0.4, 0.5) is 16.2 Å². The van der Waals surface area contributed by atoms with Crippen LogP contribution in [-0.4, -0.2) is 18.1 Å². The molecule has 28 heavy (non-hydrogen) atoms. The summed E-state index contributed by atoms with van der Waals surface area (Å²) in [7, 11) is 1.58. The number of hydrogen-bond donors (Lipinski definition) is 2. The lowest BCUT2D eigenvalue weighted by Crippen LogP contribution is -2.19. The number of nitrogens with zero attached hydrogens (tertiary/aromatic N) is 1. The predicted molar refractivity (Wildman–Crippen MR) is 115 cm³/mol. The standard InChI is InChI=1S/C22H19N3O2S/c1-14-7-12-19(27-2)18(13-14)25-22(26)23-16-10-8-15(9-11-16)21-24-17-5-3-4-6-20(17)28-21/h3-13H,1-2H3,(H2,23,25,26). The first-order chi connectivity index (χ1) is 13.6. The Hall–Kier alpha value is -3.38. The van der Waals surface area contributed by atoms with Crippen molar-refractivity contribution in [2.24, 2.45) is 0 Å². The molecule has 0 aliphatic heterocycles. The number of carbonyl (C=O) groups excluding carboxylic acids is 1. The first-order valence-electron chi connectivity index (χ1n) is 8.81. The normalized spacial score (nSPS) is 10.6. The SMILES string of the molecule is COc1ccc(C)cc1NC(=O)Nc1ccc(-c2nc3ccccc3s2)cc1. The Bertz CT molecular complexity index is 1100. The molecule has 0 fully saturated rings. The number of hydrogen-bond acceptors (Lipinski definition) is 4. The molecule has 2 amide bonds. The third-order valence-electron chi connectivity index (χ3n) is 4.29. The molecule has 5 nitrogen and oxygen atoms in total. The minimum absolute atomic E-state index is 0.323. The molecular weight excluding hydrogens is 370 g/mol. The average molecular weight is 389 g/mol. The van der Waals surface area contributed by atoms with Gasteiger partial charge in [-0.05, 0) is 61.0 Å². The van der Waals surface area contributed by atoms with Gasteiger partial charge >= 0.3 is 6.03 Å². The fourth-order valence-corrected chi connectivity index (χ4v) is 3.87. The molecule has 4 aromatic rings. The lowest BCUT2D eigenvalue weighted by Gasteiger charge is -2.12. The van der Waals surface area contributed by atoms with Crippen LogP contribution in [0, 0.1) is 6.92 Å². The Labute approximate surface area is 167 Å². The molecule has 0 spiro atoms. The van der Waals surface area contributed by atoms with E-state index >= 15 is 0 Å². The van der Waals surface area contributed by atoms with Crippen LogP contribution >= 0.6 is 11.3 Å². The molecular formula is C22H19N3O2S. The number of methoxy groups -OCH3 is 1. The number of amides is 2. The Balaban J connectivity index is 1.47. The Kier molecular flexibility index (Phi) is 4.95. The number of anilines is 2. The van der Waals surface area contributed by atoms with Gasteiger partial charge in [0.1, 0.15) is 10.8 Å². The summed E-state index contributed by atoms with van der Waals surface area (Å²) in [6.45, 7) is 1.96. The Morgan fingerprint density at radius 2 is 1.79 bits per heavy atom. The number of urea groups is 1. The highest BCUT2D eigenvalue weighted by molar-refractivity contribution is 7.21. The monoisotopic (exact) mass is 389 g/mol. The van der Waals surface area contributed by atoms with Crippen molar-refractivity contribution >= 4 is 39.0 Å². The van der Waals surface area contributed by atoms with Crippen molar-refractivity contribution in [1.29, 1.82) is 0 Å². The number of thiazole rings is 1. The summed E-state index contributed by atoms with van der Waals surface area (Å²) in [6.07, 6.45) is 0. The highest BCUT2D eigenvalue weighted by Gasteiger charge is 2.09. The molecule has 0 atom stereocenters. The molecule has 0 aliphatic carbocycles. The second-order valence-corrected chi connectivity index (χ2v) is 7.38. The van der Waals surface area contributed by atoms with Gasteiger partial charge < -0.3 is 15.4 Å². The summed E-state index contributed by atoms with van der Waals surface area (Å²) in [4.78, 5) is 17.0. The van der Waals surface area contributed by atoms with Gasteiger partial charge in [0, 0.05) is 11.3 Å². The largest absolute Gasteiger partial charge is 0.495 e. The average Bonchev–Trinajstić information content (AvgIpc) is 3.13. The molecule has 0 radical (unpaired) electrons. The summed E-state index contributed by atoms with van der Waals surface area (Å²) >= 11 is 1.65. The van der Waals surface area contributed by atoms with E-state index in [9.17, 15) is 4.79 Å². The zero-order chi connectivity index (χ0) is 19.5. The van der Waals surface area contributed by atoms with Gasteiger partial charge in [0.2, 0.25) is 0 Å². The van der Waals surface area contributed by atoms with Crippen LogP contribution in [0.5, 0.6) is 5.75 Å². The lowest BCUT2D eigenvalue weighted by molar-refractivity contribution is 0.262. The number of fused-ring (bicyclic) bond motifs is 1. The maximum atomic E-state index is 12.3. The van der Waals surface area contributed by atoms with E-state index in [2.05, 4.69) is 21.7 Å². The van der Waals surface area contributed by atoms with Crippen molar-refractivity contribution in [1.82, 2.24) is 4.98 Å². The smallest absolute Gasteiger partial charge is 0.323 e. The second-order valence-electron chi connectivity index (χ2n) is 6.35. The van der Waals surface area contributed by atoms with Crippen molar-refractivity contribution in [3.05, 3.63) is 72.3 Å². The topological polar surface area (TPSA) is 63.2 Å². The molecule has 0 bridgehead atoms. The van der Waals surface area contributed by atoms with Crippen LogP contribution in [0.1, 0.15) is 5.56 Å². The summed E-state index contributed by atoms with van der Waals surface area (Å²) in [6, 6.07) is 21.0. The van der Waals surface area contributed by atoms with E-state index in [1.807, 2.05) is 67.6 Å². The van der Waals surface area contributed by atoms with Crippen LogP contribution in [0.15, 0.2) is 66.7 Å². The van der Waals surface area contributed by atoms with Gasteiger partial charge in [-0.25, -0.2) is 9.78 Å². The number of carbonyl (C=O) groups is 1. The molecule has 0 saturated carbocycles. The van der Waals surface area contributed by atoms with Gasteiger partial charge in [-0.1, -0.05) is 18.2 Å². The quantitative estimate of drug-likeness (QED) is 0.455. The van der Waals surface area contributed by atoms with Crippen molar-refractivity contribution in [3.63, 3.8) is 0 Å². The molecule has 0 unspecified atom stereocenters. The van der Waals surface area contributed by atoms with Gasteiger partial charge in [-0.2, -0.15) is 0 Å². The molecule has 4 rings (SSSR count). The molecule has 0 saturated heterocycles. The highest BCUT2D eigenvalue weighted by Crippen LogP contribution is 2.30. The number of rotatable bonds is 4. The van der Waals surface area contributed by atoms with Crippen LogP contribution in [-0.2, 0) is 0 Å². The molecule has 3 aromatic carbocycles. The number of para-hydroxylation sites is 1. The van der Waals surface area contributed by atoms with E-state index in [4.69, 9.17) is 4.74 Å². The molecule has 1 aromatic heterocycles. The van der Waals surface area contributed by atoms with E-state index in [0.29, 0.717) is 17.1 Å². The van der Waals surface area contributed by atoms with Gasteiger partial charge in [-0.15, -0.1) is 11.3 Å². The van der Waals surface area contributed by atoms with Crippen molar-refractivity contribution in [3.8, 4) is 16.3 Å². The van der Waals surface area contributed by atoms with Crippen molar-refractivity contribution in [2.45, 2.75) is 6.92 Å². The maximum Gasteiger partial charge on any atom is 0.323 e. The minimum Gasteiger partial charge on any atom is -0.495 e. The Morgan fingerprint density at radius 3 is 2.54 bits per heavy atom. The number of ether oxygens (including phenoxy) is 1. The van der Waals surface area contributed by atoms with Crippen LogP contribution in [0.3, 0.4) is 0 Å². The zero-order valence-electron chi connectivity index (χ0n) is 15.5. The fraction of sp³-hybridized carbons (Fsp3) is 0.0909. The van der Waals surface area contributed by atoms with E-state index in [-0.39, 0.29) is 6.03 Å². The zero-order valence-corrected chi connectivity index (χ0v) is 16.3. The number of benzene rings is 3. The third-order valence-corrected chi connectivity index (χ3v) is 5.37. The molecule has 140 valence electrons. The van der Waals surface area contributed by atoms with Gasteiger partial charge in [0.25, 0.3) is 0 Å². The second kappa shape index (κ2) is 7.70. The maximum absolute atomic E-state index is 12.3. The predicted octanol–water partition coefficient (Wildman–Crippen LogP) is 5.92. The molecule has 1 heterocycles. The van der Waals surface area contributed by atoms with Crippen LogP contribution < -0.4 is 15.4 Å². The van der Waals surface area contributed by atoms with Crippen molar-refractivity contribution < 1.29 is 9.53 Å². The van der Waals surface area contributed by atoms with Gasteiger partial charge in [0.05, 0.1) is 23.0 Å². The number of aromatic nitrogens is 1. The third kappa shape index (κ3) is 3.82. The highest BCUT2D eigenvalue weighted by atomic mass is 32.1. The first kappa shape index (κ1) is 18.0. The minimum atomic E-state index is -0.323. The lowest BCUT2D eigenvalue weighted by atomic mass is 10.2. The summed E-state index contributed by atoms with van der Waals surface area (Å²) < 4.78 is 6.45. The number of aryl methyl sites for hydroxylation is 1. The first-order valence-corrected chi connectivity index (χ1v) is 9.63. The van der Waals surface area contributed by atoms with E-state index in [0.717, 1.165) is 26.4 Å². The summed E-state index contributed by atoms with van der Waals surface area (Å²) in [5.74, 6) is 0.618. The van der Waals surface area contributed by atoms with Gasteiger partial charge in [0.15, 0.2) is 0 Å².